The zero-order chi connectivity index (χ0) is 16.9. The SMILES string of the molecule is CC(C)(C)NCC(COc1cccc2c1SCCC2)O[N+](=O)[O-]. The number of hydrogen-bond acceptors (Lipinski definition) is 6. The number of thioether (sulfide) groups is 1. The lowest BCUT2D eigenvalue weighted by Gasteiger charge is -2.25. The summed E-state index contributed by atoms with van der Waals surface area (Å²) in [6.07, 6.45) is 1.58. The van der Waals surface area contributed by atoms with Crippen molar-refractivity contribution in [1.29, 1.82) is 0 Å². The molecule has 1 aromatic rings. The van der Waals surface area contributed by atoms with E-state index in [1.165, 1.54) is 12.0 Å². The highest BCUT2D eigenvalue weighted by molar-refractivity contribution is 7.99. The molecule has 0 radical (unpaired) electrons. The van der Waals surface area contributed by atoms with E-state index >= 15 is 0 Å². The Morgan fingerprint density at radius 1 is 1.43 bits per heavy atom. The molecular formula is C16H24N2O4S. The first-order chi connectivity index (χ1) is 10.8. The Hall–Kier alpha value is -1.47. The topological polar surface area (TPSA) is 73.6 Å². The Kier molecular flexibility index (Phi) is 6.12. The Morgan fingerprint density at radius 3 is 2.91 bits per heavy atom. The van der Waals surface area contributed by atoms with Crippen LogP contribution in [-0.2, 0) is 11.3 Å². The van der Waals surface area contributed by atoms with E-state index in [1.807, 2.05) is 32.9 Å². The number of ether oxygens (including phenoxy) is 1. The minimum atomic E-state index is -0.756. The predicted molar refractivity (Wildman–Crippen MR) is 90.6 cm³/mol. The second-order valence-electron chi connectivity index (χ2n) is 6.59. The van der Waals surface area contributed by atoms with E-state index in [4.69, 9.17) is 9.57 Å². The Bertz CT molecular complexity index is 545. The molecule has 23 heavy (non-hydrogen) atoms. The molecule has 0 amide bonds. The van der Waals surface area contributed by atoms with Crippen LogP contribution in [0.4, 0.5) is 0 Å². The first kappa shape index (κ1) is 17.9. The summed E-state index contributed by atoms with van der Waals surface area (Å²) in [4.78, 5) is 16.6. The molecule has 7 heteroatoms. The van der Waals surface area contributed by atoms with E-state index in [-0.39, 0.29) is 12.1 Å². The molecule has 1 aliphatic heterocycles. The third kappa shape index (κ3) is 5.91. The van der Waals surface area contributed by atoms with Crippen LogP contribution in [0.3, 0.4) is 0 Å². The van der Waals surface area contributed by atoms with Gasteiger partial charge in [-0.05, 0) is 51.0 Å². The van der Waals surface area contributed by atoms with Crippen molar-refractivity contribution in [2.45, 2.75) is 50.2 Å². The van der Waals surface area contributed by atoms with Crippen LogP contribution in [0.25, 0.3) is 0 Å². The summed E-state index contributed by atoms with van der Waals surface area (Å²) >= 11 is 1.78. The molecule has 1 aliphatic rings. The fourth-order valence-corrected chi connectivity index (χ4v) is 3.44. The Morgan fingerprint density at radius 2 is 2.22 bits per heavy atom. The van der Waals surface area contributed by atoms with Crippen molar-refractivity contribution in [3.8, 4) is 5.75 Å². The number of rotatable bonds is 7. The number of nitrogens with zero attached hydrogens (tertiary/aromatic N) is 1. The summed E-state index contributed by atoms with van der Waals surface area (Å²) < 4.78 is 5.84. The molecule has 128 valence electrons. The van der Waals surface area contributed by atoms with Gasteiger partial charge in [-0.15, -0.1) is 21.9 Å². The van der Waals surface area contributed by atoms with Crippen LogP contribution in [-0.4, -0.2) is 35.6 Å². The summed E-state index contributed by atoms with van der Waals surface area (Å²) in [6.45, 7) is 6.50. The molecule has 0 saturated heterocycles. The lowest BCUT2D eigenvalue weighted by Crippen LogP contribution is -2.44. The fourth-order valence-electron chi connectivity index (χ4n) is 2.32. The van der Waals surface area contributed by atoms with Crippen molar-refractivity contribution in [2.75, 3.05) is 18.9 Å². The van der Waals surface area contributed by atoms with Crippen molar-refractivity contribution in [3.05, 3.63) is 33.9 Å². The molecule has 0 saturated carbocycles. The summed E-state index contributed by atoms with van der Waals surface area (Å²) in [7, 11) is 0. The number of nitrogens with one attached hydrogen (secondary N) is 1. The summed E-state index contributed by atoms with van der Waals surface area (Å²) in [5.41, 5.74) is 1.15. The van der Waals surface area contributed by atoms with Crippen LogP contribution < -0.4 is 10.1 Å². The molecule has 6 nitrogen and oxygen atoms in total. The van der Waals surface area contributed by atoms with Gasteiger partial charge in [0.25, 0.3) is 5.09 Å². The molecule has 0 fully saturated rings. The van der Waals surface area contributed by atoms with Crippen LogP contribution >= 0.6 is 11.8 Å². The van der Waals surface area contributed by atoms with Gasteiger partial charge in [-0.3, -0.25) is 0 Å². The normalized spacial score (nSPS) is 15.6. The van der Waals surface area contributed by atoms with E-state index in [2.05, 4.69) is 11.4 Å². The highest BCUT2D eigenvalue weighted by atomic mass is 32.2. The quantitative estimate of drug-likeness (QED) is 0.607. The van der Waals surface area contributed by atoms with E-state index in [9.17, 15) is 10.1 Å². The molecule has 1 aromatic carbocycles. The van der Waals surface area contributed by atoms with Gasteiger partial charge >= 0.3 is 0 Å². The molecule has 1 atom stereocenters. The van der Waals surface area contributed by atoms with E-state index in [0.29, 0.717) is 6.54 Å². The molecule has 1 unspecified atom stereocenters. The minimum absolute atomic E-state index is 0.139. The van der Waals surface area contributed by atoms with Gasteiger partial charge in [-0.2, -0.15) is 0 Å². The van der Waals surface area contributed by atoms with Gasteiger partial charge in [-0.1, -0.05) is 12.1 Å². The van der Waals surface area contributed by atoms with Gasteiger partial charge in [0.2, 0.25) is 0 Å². The van der Waals surface area contributed by atoms with Crippen LogP contribution in [0.1, 0.15) is 32.8 Å². The average molecular weight is 340 g/mol. The summed E-state index contributed by atoms with van der Waals surface area (Å²) in [5, 5.41) is 13.1. The smallest absolute Gasteiger partial charge is 0.294 e. The van der Waals surface area contributed by atoms with E-state index in [1.54, 1.807) is 11.8 Å². The van der Waals surface area contributed by atoms with Crippen molar-refractivity contribution >= 4 is 11.8 Å². The first-order valence-electron chi connectivity index (χ1n) is 7.79. The number of fused-ring (bicyclic) bond motifs is 1. The van der Waals surface area contributed by atoms with Gasteiger partial charge in [-0.25, -0.2) is 0 Å². The third-order valence-electron chi connectivity index (χ3n) is 3.42. The number of aryl methyl sites for hydroxylation is 1. The molecule has 0 aliphatic carbocycles. The maximum Gasteiger partial charge on any atom is 0.294 e. The maximum atomic E-state index is 10.7. The largest absolute Gasteiger partial charge is 0.490 e. The number of benzene rings is 1. The number of hydrogen-bond donors (Lipinski definition) is 1. The Labute approximate surface area is 141 Å². The zero-order valence-electron chi connectivity index (χ0n) is 13.8. The Balaban J connectivity index is 1.99. The van der Waals surface area contributed by atoms with Crippen LogP contribution in [0.2, 0.25) is 0 Å². The zero-order valence-corrected chi connectivity index (χ0v) is 14.6. The van der Waals surface area contributed by atoms with Crippen molar-refractivity contribution in [1.82, 2.24) is 5.32 Å². The van der Waals surface area contributed by atoms with Crippen molar-refractivity contribution < 1.29 is 14.7 Å². The summed E-state index contributed by atoms with van der Waals surface area (Å²) in [6, 6.07) is 5.99. The second-order valence-corrected chi connectivity index (χ2v) is 7.69. The first-order valence-corrected chi connectivity index (χ1v) is 8.77. The van der Waals surface area contributed by atoms with Crippen molar-refractivity contribution in [2.24, 2.45) is 0 Å². The fraction of sp³-hybridized carbons (Fsp3) is 0.625. The van der Waals surface area contributed by atoms with Gasteiger partial charge in [0, 0.05) is 12.1 Å². The second kappa shape index (κ2) is 7.88. The van der Waals surface area contributed by atoms with Crippen LogP contribution in [0.15, 0.2) is 23.1 Å². The summed E-state index contributed by atoms with van der Waals surface area (Å²) in [5.74, 6) is 1.87. The highest BCUT2D eigenvalue weighted by Gasteiger charge is 2.20. The molecule has 0 aromatic heterocycles. The lowest BCUT2D eigenvalue weighted by atomic mass is 10.1. The standard InChI is InChI=1S/C16H24N2O4S/c1-16(2,3)17-10-13(22-18(19)20)11-21-14-8-4-6-12-7-5-9-23-15(12)14/h4,6,8,13,17H,5,7,9-11H2,1-3H3. The molecule has 1 heterocycles. The van der Waals surface area contributed by atoms with Gasteiger partial charge in [0.05, 0.1) is 4.90 Å². The van der Waals surface area contributed by atoms with Gasteiger partial charge in [0.15, 0.2) is 6.10 Å². The monoisotopic (exact) mass is 340 g/mol. The maximum absolute atomic E-state index is 10.7. The minimum Gasteiger partial charge on any atom is -0.490 e. The lowest BCUT2D eigenvalue weighted by molar-refractivity contribution is -0.768. The van der Waals surface area contributed by atoms with E-state index < -0.39 is 11.2 Å². The highest BCUT2D eigenvalue weighted by Crippen LogP contribution is 2.37. The molecule has 0 bridgehead atoms. The average Bonchev–Trinajstić information content (AvgIpc) is 2.48. The van der Waals surface area contributed by atoms with Gasteiger partial charge < -0.3 is 14.9 Å². The third-order valence-corrected chi connectivity index (χ3v) is 4.66. The van der Waals surface area contributed by atoms with Crippen LogP contribution in [0, 0.1) is 10.1 Å². The predicted octanol–water partition coefficient (Wildman–Crippen LogP) is 3.07. The van der Waals surface area contributed by atoms with Crippen LogP contribution in [0.5, 0.6) is 5.75 Å². The van der Waals surface area contributed by atoms with Crippen molar-refractivity contribution in [3.63, 3.8) is 0 Å². The molecule has 0 spiro atoms. The molecular weight excluding hydrogens is 316 g/mol. The molecule has 1 N–H and O–H groups in total. The van der Waals surface area contributed by atoms with Gasteiger partial charge in [0.1, 0.15) is 12.4 Å². The van der Waals surface area contributed by atoms with E-state index in [0.717, 1.165) is 22.8 Å². The molecule has 2 rings (SSSR count).